The molecule has 0 fully saturated rings. The van der Waals surface area contributed by atoms with Crippen LogP contribution in [-0.4, -0.2) is 20.9 Å². The minimum atomic E-state index is -3.65. The average molecular weight is 385 g/mol. The highest BCUT2D eigenvalue weighted by atomic mass is 35.5. The summed E-state index contributed by atoms with van der Waals surface area (Å²) in [6, 6.07) is 8.29. The van der Waals surface area contributed by atoms with E-state index in [1.807, 2.05) is 13.8 Å². The van der Waals surface area contributed by atoms with Gasteiger partial charge in [0.25, 0.3) is 10.0 Å². The molecule has 0 bridgehead atoms. The number of hydrogen-bond donors (Lipinski definition) is 1. The average Bonchev–Trinajstić information content (AvgIpc) is 3.12. The normalized spacial score (nSPS) is 14.1. The number of anilines is 2. The van der Waals surface area contributed by atoms with Crippen molar-refractivity contribution in [3.63, 3.8) is 0 Å². The molecule has 24 heavy (non-hydrogen) atoms. The van der Waals surface area contributed by atoms with Crippen LogP contribution in [0.3, 0.4) is 0 Å². The van der Waals surface area contributed by atoms with E-state index in [-0.39, 0.29) is 16.0 Å². The molecule has 1 aromatic heterocycles. The van der Waals surface area contributed by atoms with Gasteiger partial charge in [0.2, 0.25) is 5.91 Å². The number of amides is 1. The monoisotopic (exact) mass is 384 g/mol. The molecule has 0 spiro atoms. The Labute approximate surface area is 150 Å². The van der Waals surface area contributed by atoms with Crippen molar-refractivity contribution in [2.45, 2.75) is 24.5 Å². The molecule has 1 aromatic carbocycles. The van der Waals surface area contributed by atoms with Gasteiger partial charge < -0.3 is 4.90 Å². The van der Waals surface area contributed by atoms with Crippen LogP contribution >= 0.6 is 22.9 Å². The summed E-state index contributed by atoms with van der Waals surface area (Å²) < 4.78 is 27.9. The molecule has 1 amide bonds. The van der Waals surface area contributed by atoms with Crippen molar-refractivity contribution in [2.75, 3.05) is 16.2 Å². The summed E-state index contributed by atoms with van der Waals surface area (Å²) in [7, 11) is -3.65. The molecule has 0 aliphatic carbocycles. The van der Waals surface area contributed by atoms with Crippen LogP contribution < -0.4 is 9.62 Å². The summed E-state index contributed by atoms with van der Waals surface area (Å²) in [4.78, 5) is 14.0. The molecule has 3 rings (SSSR count). The van der Waals surface area contributed by atoms with Crippen molar-refractivity contribution >= 4 is 50.2 Å². The molecule has 0 saturated heterocycles. The fourth-order valence-electron chi connectivity index (χ4n) is 2.65. The van der Waals surface area contributed by atoms with E-state index >= 15 is 0 Å². The maximum Gasteiger partial charge on any atom is 0.271 e. The highest BCUT2D eigenvalue weighted by Gasteiger charge is 2.27. The number of carbonyl (C=O) groups excluding carboxylic acids is 1. The number of nitrogens with zero attached hydrogens (tertiary/aromatic N) is 1. The number of fused-ring (bicyclic) bond motifs is 1. The Kier molecular flexibility index (Phi) is 4.59. The van der Waals surface area contributed by atoms with Crippen LogP contribution in [0, 0.1) is 5.92 Å². The molecular formula is C16H17ClN2O3S2. The largest absolute Gasteiger partial charge is 0.312 e. The van der Waals surface area contributed by atoms with Gasteiger partial charge in [-0.25, -0.2) is 8.42 Å². The minimum absolute atomic E-state index is 0.0716. The third-order valence-corrected chi connectivity index (χ3v) is 6.90. The van der Waals surface area contributed by atoms with Gasteiger partial charge in [0.05, 0.1) is 4.34 Å². The molecule has 8 heteroatoms. The highest BCUT2D eigenvalue weighted by Crippen LogP contribution is 2.33. The Balaban J connectivity index is 1.84. The molecule has 1 aliphatic heterocycles. The van der Waals surface area contributed by atoms with Crippen molar-refractivity contribution < 1.29 is 13.2 Å². The van der Waals surface area contributed by atoms with Crippen molar-refractivity contribution in [1.82, 2.24) is 0 Å². The second kappa shape index (κ2) is 6.38. The maximum absolute atomic E-state index is 12.4. The summed E-state index contributed by atoms with van der Waals surface area (Å²) in [5.41, 5.74) is 2.31. The Morgan fingerprint density at radius 1 is 1.29 bits per heavy atom. The zero-order valence-electron chi connectivity index (χ0n) is 13.2. The number of halogens is 1. The molecule has 128 valence electrons. The number of sulfonamides is 1. The first-order valence-electron chi connectivity index (χ1n) is 7.50. The number of rotatable bonds is 4. The van der Waals surface area contributed by atoms with Gasteiger partial charge in [-0.3, -0.25) is 9.52 Å². The van der Waals surface area contributed by atoms with Gasteiger partial charge in [0.1, 0.15) is 4.21 Å². The Hall–Kier alpha value is -1.57. The van der Waals surface area contributed by atoms with Gasteiger partial charge in [0.15, 0.2) is 0 Å². The van der Waals surface area contributed by atoms with Gasteiger partial charge in [-0.2, -0.15) is 0 Å². The summed E-state index contributed by atoms with van der Waals surface area (Å²) in [5.74, 6) is 0.00742. The van der Waals surface area contributed by atoms with E-state index in [0.29, 0.717) is 23.0 Å². The zero-order valence-corrected chi connectivity index (χ0v) is 15.6. The number of nitrogens with one attached hydrogen (secondary N) is 1. The molecule has 0 atom stereocenters. The first-order chi connectivity index (χ1) is 11.3. The second-order valence-electron chi connectivity index (χ2n) is 5.90. The quantitative estimate of drug-likeness (QED) is 0.872. The summed E-state index contributed by atoms with van der Waals surface area (Å²) >= 11 is 6.82. The lowest BCUT2D eigenvalue weighted by Crippen LogP contribution is -2.32. The molecule has 2 aromatic rings. The van der Waals surface area contributed by atoms with E-state index in [2.05, 4.69) is 4.72 Å². The molecule has 5 nitrogen and oxygen atoms in total. The van der Waals surface area contributed by atoms with Gasteiger partial charge in [-0.1, -0.05) is 25.4 Å². The Morgan fingerprint density at radius 3 is 2.67 bits per heavy atom. The predicted octanol–water partition coefficient (Wildman–Crippen LogP) is 3.75. The van der Waals surface area contributed by atoms with Crippen LogP contribution in [0.15, 0.2) is 34.5 Å². The lowest BCUT2D eigenvalue weighted by molar-refractivity contribution is -0.121. The van der Waals surface area contributed by atoms with E-state index in [4.69, 9.17) is 11.6 Å². The summed E-state index contributed by atoms with van der Waals surface area (Å²) in [5, 5.41) is 0. The molecule has 0 saturated carbocycles. The molecule has 1 N–H and O–H groups in total. The maximum atomic E-state index is 12.4. The van der Waals surface area contributed by atoms with Gasteiger partial charge in [0, 0.05) is 23.8 Å². The van der Waals surface area contributed by atoms with E-state index in [1.54, 1.807) is 29.2 Å². The summed E-state index contributed by atoms with van der Waals surface area (Å²) in [6.07, 6.45) is 0.716. The Morgan fingerprint density at radius 2 is 2.04 bits per heavy atom. The first-order valence-corrected chi connectivity index (χ1v) is 10.2. The van der Waals surface area contributed by atoms with Gasteiger partial charge in [-0.05, 0) is 42.3 Å². The SMILES string of the molecule is CC(C)C(=O)N1CCc2cc(NS(=O)(=O)c3ccc(Cl)s3)ccc21. The fraction of sp³-hybridized carbons (Fsp3) is 0.312. The number of carbonyl (C=O) groups is 1. The van der Waals surface area contributed by atoms with Crippen LogP contribution in [0.2, 0.25) is 4.34 Å². The van der Waals surface area contributed by atoms with Crippen molar-refractivity contribution in [2.24, 2.45) is 5.92 Å². The molecule has 0 radical (unpaired) electrons. The molecule has 1 aliphatic rings. The van der Waals surface area contributed by atoms with Crippen LogP contribution in [0.4, 0.5) is 11.4 Å². The molecular weight excluding hydrogens is 368 g/mol. The van der Waals surface area contributed by atoms with Crippen LogP contribution in [0.1, 0.15) is 19.4 Å². The van der Waals surface area contributed by atoms with Gasteiger partial charge in [-0.15, -0.1) is 11.3 Å². The van der Waals surface area contributed by atoms with Crippen molar-refractivity contribution in [1.29, 1.82) is 0 Å². The second-order valence-corrected chi connectivity index (χ2v) is 9.53. The smallest absolute Gasteiger partial charge is 0.271 e. The molecule has 2 heterocycles. The van der Waals surface area contributed by atoms with E-state index in [1.165, 1.54) is 6.07 Å². The highest BCUT2D eigenvalue weighted by molar-refractivity contribution is 7.94. The topological polar surface area (TPSA) is 66.5 Å². The lowest BCUT2D eigenvalue weighted by atomic mass is 10.1. The van der Waals surface area contributed by atoms with E-state index in [9.17, 15) is 13.2 Å². The summed E-state index contributed by atoms with van der Waals surface area (Å²) in [6.45, 7) is 4.37. The van der Waals surface area contributed by atoms with Crippen molar-refractivity contribution in [3.8, 4) is 0 Å². The lowest BCUT2D eigenvalue weighted by Gasteiger charge is -2.19. The minimum Gasteiger partial charge on any atom is -0.312 e. The third kappa shape index (κ3) is 3.29. The van der Waals surface area contributed by atoms with Crippen LogP contribution in [0.25, 0.3) is 0 Å². The number of thiophene rings is 1. The Bertz CT molecular complexity index is 890. The third-order valence-electron chi connectivity index (χ3n) is 3.80. The standard InChI is InChI=1S/C16H17ClN2O3S2/c1-10(2)16(20)19-8-7-11-9-12(3-4-13(11)19)18-24(21,22)15-6-5-14(17)23-15/h3-6,9-10,18H,7-8H2,1-2H3. The number of benzene rings is 1. The predicted molar refractivity (Wildman–Crippen MR) is 97.5 cm³/mol. The van der Waals surface area contributed by atoms with Crippen LogP contribution in [0.5, 0.6) is 0 Å². The first kappa shape index (κ1) is 17.3. The molecule has 0 unspecified atom stereocenters. The fourth-order valence-corrected chi connectivity index (χ4v) is 5.19. The van der Waals surface area contributed by atoms with Crippen LogP contribution in [-0.2, 0) is 21.2 Å². The zero-order chi connectivity index (χ0) is 17.5. The van der Waals surface area contributed by atoms with E-state index < -0.39 is 10.0 Å². The van der Waals surface area contributed by atoms with Crippen molar-refractivity contribution in [3.05, 3.63) is 40.2 Å². The number of hydrogen-bond acceptors (Lipinski definition) is 4. The van der Waals surface area contributed by atoms with Gasteiger partial charge >= 0.3 is 0 Å². The van der Waals surface area contributed by atoms with E-state index in [0.717, 1.165) is 22.6 Å².